The molecule has 0 bridgehead atoms. The quantitative estimate of drug-likeness (QED) is 0.0261. The number of rotatable bonds is 51. The van der Waals surface area contributed by atoms with E-state index in [-0.39, 0.29) is 31.6 Å². The van der Waals surface area contributed by atoms with Gasteiger partial charge in [-0.05, 0) is 135 Å². The molecule has 0 aliphatic heterocycles. The molecule has 0 heterocycles. The van der Waals surface area contributed by atoms with E-state index in [2.05, 4.69) is 167 Å². The van der Waals surface area contributed by atoms with Crippen LogP contribution in [0.2, 0.25) is 0 Å². The summed E-state index contributed by atoms with van der Waals surface area (Å²) in [4.78, 5) is 38.2. The van der Waals surface area contributed by atoms with Gasteiger partial charge in [-0.1, -0.05) is 237 Å². The second-order valence-electron chi connectivity index (χ2n) is 18.8. The molecule has 414 valence electrons. The summed E-state index contributed by atoms with van der Waals surface area (Å²) in [6.45, 7) is 6.29. The number of esters is 3. The fraction of sp³-hybridized carbons (Fsp3) is 0.574. The Morgan fingerprint density at radius 3 is 0.878 bits per heavy atom. The maximum absolute atomic E-state index is 12.8. The summed E-state index contributed by atoms with van der Waals surface area (Å²) in [6.07, 6.45) is 88.1. The number of carbonyl (C=O) groups is 3. The lowest BCUT2D eigenvalue weighted by atomic mass is 10.1. The Hall–Kier alpha value is -4.97. The van der Waals surface area contributed by atoms with Crippen LogP contribution in [0, 0.1) is 0 Å². The van der Waals surface area contributed by atoms with Crippen LogP contribution in [0.5, 0.6) is 0 Å². The van der Waals surface area contributed by atoms with Crippen LogP contribution in [-0.2, 0) is 28.6 Å². The van der Waals surface area contributed by atoms with Crippen LogP contribution in [0.1, 0.15) is 233 Å². The molecule has 0 N–H and O–H groups in total. The Morgan fingerprint density at radius 2 is 0.554 bits per heavy atom. The third kappa shape index (κ3) is 57.9. The van der Waals surface area contributed by atoms with Crippen LogP contribution in [0.15, 0.2) is 158 Å². The molecule has 6 nitrogen and oxygen atoms in total. The molecule has 0 spiro atoms. The monoisotopic (exact) mass is 1020 g/mol. The minimum atomic E-state index is -0.842. The smallest absolute Gasteiger partial charge is 0.306 e. The van der Waals surface area contributed by atoms with Crippen molar-refractivity contribution >= 4 is 17.9 Å². The van der Waals surface area contributed by atoms with Gasteiger partial charge in [0.25, 0.3) is 0 Å². The van der Waals surface area contributed by atoms with E-state index in [9.17, 15) is 14.4 Å². The van der Waals surface area contributed by atoms with Gasteiger partial charge in [0.05, 0.1) is 0 Å². The molecule has 0 aliphatic rings. The summed E-state index contributed by atoms with van der Waals surface area (Å²) < 4.78 is 16.8. The summed E-state index contributed by atoms with van der Waals surface area (Å²) in [6, 6.07) is 0. The second-order valence-corrected chi connectivity index (χ2v) is 18.8. The summed E-state index contributed by atoms with van der Waals surface area (Å²) in [5, 5.41) is 0. The van der Waals surface area contributed by atoms with Crippen molar-refractivity contribution in [1.29, 1.82) is 0 Å². The van der Waals surface area contributed by atoms with Crippen LogP contribution in [0.25, 0.3) is 0 Å². The van der Waals surface area contributed by atoms with E-state index in [0.29, 0.717) is 19.3 Å². The zero-order valence-electron chi connectivity index (χ0n) is 47.3. The lowest BCUT2D eigenvalue weighted by molar-refractivity contribution is -0.166. The summed E-state index contributed by atoms with van der Waals surface area (Å²) in [5.41, 5.74) is 0. The summed E-state index contributed by atoms with van der Waals surface area (Å²) in [7, 11) is 0. The van der Waals surface area contributed by atoms with Gasteiger partial charge in [0, 0.05) is 19.3 Å². The van der Waals surface area contributed by atoms with Crippen molar-refractivity contribution in [3.8, 4) is 0 Å². The lowest BCUT2D eigenvalue weighted by Gasteiger charge is -2.18. The van der Waals surface area contributed by atoms with Crippen LogP contribution in [0.4, 0.5) is 0 Å². The summed E-state index contributed by atoms with van der Waals surface area (Å²) >= 11 is 0. The maximum Gasteiger partial charge on any atom is 0.306 e. The average molecular weight is 1020 g/mol. The molecule has 0 saturated heterocycles. The first-order chi connectivity index (χ1) is 36.5. The molecule has 0 radical (unpaired) electrons. The highest BCUT2D eigenvalue weighted by Crippen LogP contribution is 2.12. The molecule has 1 unspecified atom stereocenters. The SMILES string of the molecule is CC/C=C\C/C=C\C/C=C\C/C=C\C/C=C\C/C=C\CCC(=O)OC(COC(=O)CCCCCCC/C=C\C/C=C\C/C=C\C/C=C\C/C=C\CC)COC(=O)CCCCCCC/C=C\C/C=C\CCCCCC. The Kier molecular flexibility index (Phi) is 56.5. The highest BCUT2D eigenvalue weighted by molar-refractivity contribution is 5.71. The highest BCUT2D eigenvalue weighted by Gasteiger charge is 2.19. The minimum absolute atomic E-state index is 0.129. The number of ether oxygens (including phenoxy) is 3. The van der Waals surface area contributed by atoms with Gasteiger partial charge in [-0.25, -0.2) is 0 Å². The van der Waals surface area contributed by atoms with E-state index in [1.807, 2.05) is 12.2 Å². The number of carbonyl (C=O) groups excluding carboxylic acids is 3. The zero-order chi connectivity index (χ0) is 53.6. The van der Waals surface area contributed by atoms with Crippen molar-refractivity contribution in [3.63, 3.8) is 0 Å². The van der Waals surface area contributed by atoms with Crippen molar-refractivity contribution in [2.75, 3.05) is 13.2 Å². The third-order valence-electron chi connectivity index (χ3n) is 11.8. The molecular weight excluding hydrogens is 913 g/mol. The van der Waals surface area contributed by atoms with Crippen LogP contribution in [0.3, 0.4) is 0 Å². The van der Waals surface area contributed by atoms with Crippen molar-refractivity contribution < 1.29 is 28.6 Å². The van der Waals surface area contributed by atoms with Gasteiger partial charge in [0.1, 0.15) is 13.2 Å². The number of hydrogen-bond donors (Lipinski definition) is 0. The van der Waals surface area contributed by atoms with Crippen molar-refractivity contribution in [1.82, 2.24) is 0 Å². The van der Waals surface area contributed by atoms with E-state index in [1.54, 1.807) is 0 Å². The van der Waals surface area contributed by atoms with Crippen LogP contribution < -0.4 is 0 Å². The van der Waals surface area contributed by atoms with Gasteiger partial charge in [-0.2, -0.15) is 0 Å². The van der Waals surface area contributed by atoms with Gasteiger partial charge in [0.2, 0.25) is 0 Å². The first-order valence-electron chi connectivity index (χ1n) is 29.5. The topological polar surface area (TPSA) is 78.9 Å². The Balaban J connectivity index is 4.59. The first kappa shape index (κ1) is 69.0. The molecule has 74 heavy (non-hydrogen) atoms. The molecule has 0 rings (SSSR count). The molecule has 1 atom stereocenters. The normalized spacial score (nSPS) is 13.3. The maximum atomic E-state index is 12.8. The molecule has 6 heteroatoms. The molecular formula is C68H106O6. The van der Waals surface area contributed by atoms with E-state index in [1.165, 1.54) is 32.1 Å². The standard InChI is InChI=1S/C68H106O6/c1-4-7-10-13-16-19-22-25-28-31-33-34-36-37-40-43-46-49-52-55-58-61-67(70)73-64-65(63-72-66(69)60-57-54-51-48-45-42-39-30-27-24-21-18-15-12-9-6-3)74-68(71)62-59-56-53-50-47-44-41-38-35-32-29-26-23-20-17-14-11-8-5-2/h7-8,10-11,16-17,19-21,24-26,28-30,33-35,37-40,44,47,53,56,65H,4-6,9,12-15,18,22-23,27,31-32,36,41-43,45-46,48-52,54-55,57-64H2,1-3H3/b10-7-,11-8-,19-16-,20-17-,24-21-,28-25-,29-26-,34-33-,38-35-,39-30-,40-37-,47-44-,56-53-. The fourth-order valence-electron chi connectivity index (χ4n) is 7.41. The number of allylic oxidation sites excluding steroid dienone is 26. The number of unbranched alkanes of at least 4 members (excludes halogenated alkanes) is 14. The van der Waals surface area contributed by atoms with Crippen molar-refractivity contribution in [2.45, 2.75) is 239 Å². The third-order valence-corrected chi connectivity index (χ3v) is 11.8. The number of hydrogen-bond acceptors (Lipinski definition) is 6. The van der Waals surface area contributed by atoms with Crippen molar-refractivity contribution in [3.05, 3.63) is 158 Å². The lowest BCUT2D eigenvalue weighted by Crippen LogP contribution is -2.30. The predicted octanol–water partition coefficient (Wildman–Crippen LogP) is 20.1. The highest BCUT2D eigenvalue weighted by atomic mass is 16.6. The fourth-order valence-corrected chi connectivity index (χ4v) is 7.41. The molecule has 0 aromatic rings. The van der Waals surface area contributed by atoms with Gasteiger partial charge in [-0.15, -0.1) is 0 Å². The molecule has 0 amide bonds. The largest absolute Gasteiger partial charge is 0.462 e. The van der Waals surface area contributed by atoms with E-state index >= 15 is 0 Å². The Morgan fingerprint density at radius 1 is 0.284 bits per heavy atom. The van der Waals surface area contributed by atoms with Gasteiger partial charge < -0.3 is 14.2 Å². The predicted molar refractivity (Wildman–Crippen MR) is 320 cm³/mol. The minimum Gasteiger partial charge on any atom is -0.462 e. The van der Waals surface area contributed by atoms with E-state index in [0.717, 1.165) is 154 Å². The second kappa shape index (κ2) is 60.6. The Labute approximate surface area is 454 Å². The van der Waals surface area contributed by atoms with Crippen LogP contribution in [-0.4, -0.2) is 37.2 Å². The first-order valence-corrected chi connectivity index (χ1v) is 29.5. The van der Waals surface area contributed by atoms with Gasteiger partial charge >= 0.3 is 17.9 Å². The van der Waals surface area contributed by atoms with Crippen molar-refractivity contribution in [2.24, 2.45) is 0 Å². The molecule has 0 saturated carbocycles. The zero-order valence-corrected chi connectivity index (χ0v) is 47.3. The molecule has 0 aromatic heterocycles. The molecule has 0 fully saturated rings. The summed E-state index contributed by atoms with van der Waals surface area (Å²) in [5.74, 6) is -1.05. The molecule has 0 aromatic carbocycles. The van der Waals surface area contributed by atoms with Gasteiger partial charge in [-0.3, -0.25) is 14.4 Å². The van der Waals surface area contributed by atoms with E-state index < -0.39 is 12.1 Å². The average Bonchev–Trinajstić information content (AvgIpc) is 3.40. The van der Waals surface area contributed by atoms with Gasteiger partial charge in [0.15, 0.2) is 6.10 Å². The van der Waals surface area contributed by atoms with E-state index in [4.69, 9.17) is 14.2 Å². The molecule has 0 aliphatic carbocycles. The van der Waals surface area contributed by atoms with Crippen LogP contribution >= 0.6 is 0 Å². The Bertz CT molecular complexity index is 1690.